The highest BCUT2D eigenvalue weighted by Gasteiger charge is 2.24. The van der Waals surface area contributed by atoms with Crippen molar-refractivity contribution in [2.45, 2.75) is 25.4 Å². The standard InChI is InChI=1S/C21H22N4O2/c26-21(19-8-4-5-11-22-19)25-12-9-17(10-13-25)23-14-18-15-27-20(24-18)16-6-2-1-3-7-16/h1-8,11,15,17,23H,9-10,12-14H2. The molecule has 2 aromatic heterocycles. The van der Waals surface area contributed by atoms with Crippen LogP contribution in [-0.2, 0) is 6.54 Å². The Bertz CT molecular complexity index is 871. The number of amides is 1. The van der Waals surface area contributed by atoms with Crippen molar-refractivity contribution in [3.63, 3.8) is 0 Å². The fourth-order valence-corrected chi connectivity index (χ4v) is 3.29. The smallest absolute Gasteiger partial charge is 0.272 e. The first kappa shape index (κ1) is 17.4. The van der Waals surface area contributed by atoms with Crippen LogP contribution in [0.25, 0.3) is 11.5 Å². The predicted octanol–water partition coefficient (Wildman–Crippen LogP) is 3.13. The Morgan fingerprint density at radius 3 is 2.63 bits per heavy atom. The Morgan fingerprint density at radius 1 is 1.11 bits per heavy atom. The van der Waals surface area contributed by atoms with Gasteiger partial charge in [-0.1, -0.05) is 24.3 Å². The number of likely N-dealkylation sites (tertiary alicyclic amines) is 1. The molecule has 0 bridgehead atoms. The molecule has 0 radical (unpaired) electrons. The van der Waals surface area contributed by atoms with Gasteiger partial charge < -0.3 is 14.6 Å². The van der Waals surface area contributed by atoms with Crippen molar-refractivity contribution in [3.05, 3.63) is 72.4 Å². The van der Waals surface area contributed by atoms with Gasteiger partial charge in [-0.15, -0.1) is 0 Å². The van der Waals surface area contributed by atoms with Crippen molar-refractivity contribution in [2.75, 3.05) is 13.1 Å². The minimum atomic E-state index is 0.0121. The van der Waals surface area contributed by atoms with Crippen molar-refractivity contribution >= 4 is 5.91 Å². The van der Waals surface area contributed by atoms with Gasteiger partial charge >= 0.3 is 0 Å². The Hall–Kier alpha value is -2.99. The highest BCUT2D eigenvalue weighted by Crippen LogP contribution is 2.18. The molecule has 6 nitrogen and oxygen atoms in total. The molecular weight excluding hydrogens is 340 g/mol. The average molecular weight is 362 g/mol. The molecule has 0 saturated carbocycles. The topological polar surface area (TPSA) is 71.3 Å². The molecule has 1 aromatic carbocycles. The summed E-state index contributed by atoms with van der Waals surface area (Å²) in [6.45, 7) is 2.14. The third kappa shape index (κ3) is 4.23. The van der Waals surface area contributed by atoms with E-state index >= 15 is 0 Å². The number of piperidine rings is 1. The first-order valence-electron chi connectivity index (χ1n) is 9.23. The minimum Gasteiger partial charge on any atom is -0.444 e. The number of nitrogens with zero attached hydrogens (tertiary/aromatic N) is 3. The van der Waals surface area contributed by atoms with Crippen LogP contribution in [0.4, 0.5) is 0 Å². The number of rotatable bonds is 5. The summed E-state index contributed by atoms with van der Waals surface area (Å²) in [5, 5.41) is 3.53. The Morgan fingerprint density at radius 2 is 1.89 bits per heavy atom. The molecule has 1 N–H and O–H groups in total. The van der Waals surface area contributed by atoms with Gasteiger partial charge in [-0.05, 0) is 37.1 Å². The normalized spacial score (nSPS) is 15.0. The predicted molar refractivity (Wildman–Crippen MR) is 102 cm³/mol. The molecule has 1 aliphatic rings. The van der Waals surface area contributed by atoms with E-state index in [0.717, 1.165) is 37.2 Å². The zero-order valence-electron chi connectivity index (χ0n) is 15.0. The lowest BCUT2D eigenvalue weighted by Crippen LogP contribution is -2.44. The molecule has 3 heterocycles. The Balaban J connectivity index is 1.27. The number of nitrogens with one attached hydrogen (secondary N) is 1. The van der Waals surface area contributed by atoms with Gasteiger partial charge in [0.05, 0.1) is 5.69 Å². The van der Waals surface area contributed by atoms with E-state index in [9.17, 15) is 4.79 Å². The maximum Gasteiger partial charge on any atom is 0.272 e. The molecule has 1 fully saturated rings. The lowest BCUT2D eigenvalue weighted by atomic mass is 10.0. The molecule has 0 aliphatic carbocycles. The monoisotopic (exact) mass is 362 g/mol. The molecular formula is C21H22N4O2. The number of benzene rings is 1. The van der Waals surface area contributed by atoms with E-state index in [0.29, 0.717) is 24.2 Å². The quantitative estimate of drug-likeness (QED) is 0.755. The molecule has 0 atom stereocenters. The van der Waals surface area contributed by atoms with E-state index < -0.39 is 0 Å². The van der Waals surface area contributed by atoms with Gasteiger partial charge in [-0.2, -0.15) is 0 Å². The van der Waals surface area contributed by atoms with E-state index in [1.165, 1.54) is 0 Å². The first-order chi connectivity index (χ1) is 13.3. The summed E-state index contributed by atoms with van der Waals surface area (Å²) in [5.41, 5.74) is 2.38. The molecule has 4 rings (SSSR count). The second-order valence-electron chi connectivity index (χ2n) is 6.67. The number of carbonyl (C=O) groups excluding carboxylic acids is 1. The number of hydrogen-bond acceptors (Lipinski definition) is 5. The van der Waals surface area contributed by atoms with Crippen LogP contribution in [0.1, 0.15) is 29.0 Å². The number of aromatic nitrogens is 2. The van der Waals surface area contributed by atoms with Gasteiger partial charge in [0.2, 0.25) is 5.89 Å². The molecule has 1 aliphatic heterocycles. The zero-order valence-corrected chi connectivity index (χ0v) is 15.0. The van der Waals surface area contributed by atoms with Crippen LogP contribution in [0.15, 0.2) is 65.4 Å². The Labute approximate surface area is 158 Å². The third-order valence-electron chi connectivity index (χ3n) is 4.81. The van der Waals surface area contributed by atoms with Crippen molar-refractivity contribution in [1.29, 1.82) is 0 Å². The van der Waals surface area contributed by atoms with Gasteiger partial charge in [0.1, 0.15) is 12.0 Å². The molecule has 138 valence electrons. The van der Waals surface area contributed by atoms with Crippen LogP contribution in [0, 0.1) is 0 Å². The van der Waals surface area contributed by atoms with E-state index in [1.54, 1.807) is 18.5 Å². The molecule has 0 spiro atoms. The summed E-state index contributed by atoms with van der Waals surface area (Å²) in [4.78, 5) is 23.0. The second kappa shape index (κ2) is 8.14. The van der Waals surface area contributed by atoms with E-state index in [-0.39, 0.29) is 5.91 Å². The maximum absolute atomic E-state index is 12.4. The summed E-state index contributed by atoms with van der Waals surface area (Å²) in [6, 6.07) is 15.7. The highest BCUT2D eigenvalue weighted by atomic mass is 16.3. The van der Waals surface area contributed by atoms with Gasteiger partial charge in [0, 0.05) is 37.4 Å². The largest absolute Gasteiger partial charge is 0.444 e. The molecule has 6 heteroatoms. The summed E-state index contributed by atoms with van der Waals surface area (Å²) in [5.74, 6) is 0.654. The molecule has 3 aromatic rings. The summed E-state index contributed by atoms with van der Waals surface area (Å²) >= 11 is 0. The van der Waals surface area contributed by atoms with Crippen LogP contribution in [0.5, 0.6) is 0 Å². The van der Waals surface area contributed by atoms with Crippen molar-refractivity contribution in [3.8, 4) is 11.5 Å². The van der Waals surface area contributed by atoms with Gasteiger partial charge in [0.25, 0.3) is 5.91 Å². The number of oxazole rings is 1. The van der Waals surface area contributed by atoms with Gasteiger partial charge in [-0.3, -0.25) is 9.78 Å². The molecule has 1 amide bonds. The first-order valence-corrected chi connectivity index (χ1v) is 9.23. The van der Waals surface area contributed by atoms with Crippen LogP contribution in [0.2, 0.25) is 0 Å². The fourth-order valence-electron chi connectivity index (χ4n) is 3.29. The fraction of sp³-hybridized carbons (Fsp3) is 0.286. The van der Waals surface area contributed by atoms with Crippen LogP contribution >= 0.6 is 0 Å². The number of hydrogen-bond donors (Lipinski definition) is 1. The van der Waals surface area contributed by atoms with Crippen LogP contribution in [0.3, 0.4) is 0 Å². The summed E-state index contributed by atoms with van der Waals surface area (Å²) in [7, 11) is 0. The third-order valence-corrected chi connectivity index (χ3v) is 4.81. The number of pyridine rings is 1. The summed E-state index contributed by atoms with van der Waals surface area (Å²) < 4.78 is 5.58. The second-order valence-corrected chi connectivity index (χ2v) is 6.67. The lowest BCUT2D eigenvalue weighted by molar-refractivity contribution is 0.0698. The van der Waals surface area contributed by atoms with Gasteiger partial charge in [0.15, 0.2) is 0 Å². The zero-order chi connectivity index (χ0) is 18.5. The lowest BCUT2D eigenvalue weighted by Gasteiger charge is -2.32. The molecule has 27 heavy (non-hydrogen) atoms. The maximum atomic E-state index is 12.4. The van der Waals surface area contributed by atoms with Crippen LogP contribution < -0.4 is 5.32 Å². The SMILES string of the molecule is O=C(c1ccccn1)N1CCC(NCc2coc(-c3ccccc3)n2)CC1. The Kier molecular flexibility index (Phi) is 5.25. The number of carbonyl (C=O) groups is 1. The van der Waals surface area contributed by atoms with E-state index in [2.05, 4.69) is 15.3 Å². The van der Waals surface area contributed by atoms with Gasteiger partial charge in [-0.25, -0.2) is 4.98 Å². The molecule has 1 saturated heterocycles. The van der Waals surface area contributed by atoms with Crippen molar-refractivity contribution in [2.24, 2.45) is 0 Å². The van der Waals surface area contributed by atoms with Crippen LogP contribution in [-0.4, -0.2) is 39.9 Å². The van der Waals surface area contributed by atoms with Crippen molar-refractivity contribution in [1.82, 2.24) is 20.2 Å². The minimum absolute atomic E-state index is 0.0121. The van der Waals surface area contributed by atoms with Crippen molar-refractivity contribution < 1.29 is 9.21 Å². The molecule has 0 unspecified atom stereocenters. The average Bonchev–Trinajstić information content (AvgIpc) is 3.22. The van der Waals surface area contributed by atoms with E-state index in [4.69, 9.17) is 4.42 Å². The summed E-state index contributed by atoms with van der Waals surface area (Å²) in [6.07, 6.45) is 5.20. The van der Waals surface area contributed by atoms with E-state index in [1.807, 2.05) is 47.4 Å². The highest BCUT2D eigenvalue weighted by molar-refractivity contribution is 5.92.